The van der Waals surface area contributed by atoms with Gasteiger partial charge in [0, 0.05) is 6.54 Å². The van der Waals surface area contributed by atoms with E-state index in [9.17, 15) is 0 Å². The lowest BCUT2D eigenvalue weighted by Crippen LogP contribution is -2.41. The predicted molar refractivity (Wildman–Crippen MR) is 126 cm³/mol. The first-order chi connectivity index (χ1) is 14.1. The minimum Gasteiger partial charge on any atom is -0.492 e. The lowest BCUT2D eigenvalue weighted by atomic mass is 9.70. The van der Waals surface area contributed by atoms with Crippen molar-refractivity contribution in [3.63, 3.8) is 0 Å². The molecule has 5 heteroatoms. The Morgan fingerprint density at radius 1 is 0.867 bits per heavy atom. The van der Waals surface area contributed by atoms with Crippen molar-refractivity contribution < 1.29 is 14.0 Å². The quantitative estimate of drug-likeness (QED) is 0.467. The Morgan fingerprint density at radius 3 is 1.97 bits per heavy atom. The van der Waals surface area contributed by atoms with Crippen LogP contribution in [0.25, 0.3) is 11.0 Å². The van der Waals surface area contributed by atoms with Crippen molar-refractivity contribution in [1.29, 1.82) is 0 Å². The maximum Gasteiger partial charge on any atom is 0.495 e. The molecule has 30 heavy (non-hydrogen) atoms. The second-order valence-electron chi connectivity index (χ2n) is 9.17. The number of rotatable bonds is 7. The van der Waals surface area contributed by atoms with Crippen molar-refractivity contribution in [2.45, 2.75) is 45.8 Å². The van der Waals surface area contributed by atoms with Gasteiger partial charge < -0.3 is 18.9 Å². The van der Waals surface area contributed by atoms with Crippen LogP contribution in [0.3, 0.4) is 0 Å². The molecule has 0 radical (unpaired) electrons. The van der Waals surface area contributed by atoms with Gasteiger partial charge in [-0.1, -0.05) is 42.5 Å². The van der Waals surface area contributed by atoms with E-state index in [-0.39, 0.29) is 11.2 Å². The summed E-state index contributed by atoms with van der Waals surface area (Å²) in [6.45, 7) is 12.0. The van der Waals surface area contributed by atoms with E-state index in [0.717, 1.165) is 34.5 Å². The summed E-state index contributed by atoms with van der Waals surface area (Å²) >= 11 is 0. The number of benzene rings is 2. The highest BCUT2D eigenvalue weighted by Gasteiger charge is 2.52. The van der Waals surface area contributed by atoms with Gasteiger partial charge in [-0.3, -0.25) is 0 Å². The van der Waals surface area contributed by atoms with Gasteiger partial charge >= 0.3 is 7.12 Å². The molecule has 0 N–H and O–H groups in total. The van der Waals surface area contributed by atoms with E-state index in [1.54, 1.807) is 0 Å². The maximum atomic E-state index is 6.41. The molecule has 1 aliphatic heterocycles. The third kappa shape index (κ3) is 4.97. The topological polar surface area (TPSA) is 30.9 Å². The molecule has 0 atom stereocenters. The molecule has 4 nitrogen and oxygen atoms in total. The van der Waals surface area contributed by atoms with Crippen molar-refractivity contribution in [1.82, 2.24) is 4.90 Å². The van der Waals surface area contributed by atoms with Crippen LogP contribution in [-0.4, -0.2) is 50.5 Å². The Balaban J connectivity index is 1.93. The highest BCUT2D eigenvalue weighted by atomic mass is 16.7. The first-order valence-electron chi connectivity index (χ1n) is 10.6. The average molecular weight is 407 g/mol. The SMILES string of the molecule is C/C(=C(/B1OC(C)(C)C(C)(C)O1)c1ccccc1)c1ccc(OCCN(C)C)cc1. The molecule has 1 fully saturated rings. The fourth-order valence-corrected chi connectivity index (χ4v) is 3.41. The van der Waals surface area contributed by atoms with E-state index in [1.807, 2.05) is 32.3 Å². The van der Waals surface area contributed by atoms with Crippen LogP contribution in [0.4, 0.5) is 0 Å². The Kier molecular flexibility index (Phi) is 6.76. The van der Waals surface area contributed by atoms with Crippen molar-refractivity contribution in [3.8, 4) is 5.75 Å². The number of hydrogen-bond acceptors (Lipinski definition) is 4. The van der Waals surface area contributed by atoms with Crippen LogP contribution in [0.2, 0.25) is 0 Å². The first-order valence-corrected chi connectivity index (χ1v) is 10.6. The predicted octanol–water partition coefficient (Wildman–Crippen LogP) is 5.19. The van der Waals surface area contributed by atoms with Crippen LogP contribution in [0.15, 0.2) is 54.6 Å². The van der Waals surface area contributed by atoms with E-state index in [2.05, 4.69) is 75.9 Å². The van der Waals surface area contributed by atoms with Gasteiger partial charge in [-0.2, -0.15) is 0 Å². The molecule has 1 aliphatic rings. The second kappa shape index (κ2) is 8.97. The maximum absolute atomic E-state index is 6.41. The summed E-state index contributed by atoms with van der Waals surface area (Å²) in [6, 6.07) is 18.6. The van der Waals surface area contributed by atoms with Crippen LogP contribution in [0.5, 0.6) is 5.75 Å². The van der Waals surface area contributed by atoms with Crippen LogP contribution in [-0.2, 0) is 9.31 Å². The number of nitrogens with zero attached hydrogens (tertiary/aromatic N) is 1. The van der Waals surface area contributed by atoms with Gasteiger partial charge in [0.2, 0.25) is 0 Å². The summed E-state index contributed by atoms with van der Waals surface area (Å²) in [7, 11) is 3.66. The van der Waals surface area contributed by atoms with Gasteiger partial charge in [0.25, 0.3) is 0 Å². The molecule has 0 aliphatic carbocycles. The van der Waals surface area contributed by atoms with E-state index in [4.69, 9.17) is 14.0 Å². The van der Waals surface area contributed by atoms with Crippen molar-refractivity contribution in [2.75, 3.05) is 27.2 Å². The highest BCUT2D eigenvalue weighted by Crippen LogP contribution is 2.42. The molecule has 160 valence electrons. The zero-order valence-electron chi connectivity index (χ0n) is 19.4. The Morgan fingerprint density at radius 2 is 1.43 bits per heavy atom. The van der Waals surface area contributed by atoms with Crippen molar-refractivity contribution in [3.05, 3.63) is 65.7 Å². The molecule has 2 aromatic rings. The summed E-state index contributed by atoms with van der Waals surface area (Å²) in [5.74, 6) is 0.880. The largest absolute Gasteiger partial charge is 0.495 e. The minimum atomic E-state index is -0.423. The van der Waals surface area contributed by atoms with Gasteiger partial charge in [0.05, 0.1) is 11.2 Å². The van der Waals surface area contributed by atoms with Crippen LogP contribution < -0.4 is 4.74 Å². The average Bonchev–Trinajstić information content (AvgIpc) is 2.90. The molecule has 0 unspecified atom stereocenters. The number of ether oxygens (including phenoxy) is 1. The zero-order chi connectivity index (χ0) is 21.9. The Labute approximate surface area is 182 Å². The lowest BCUT2D eigenvalue weighted by molar-refractivity contribution is 0.00578. The van der Waals surface area contributed by atoms with Crippen molar-refractivity contribution in [2.24, 2.45) is 0 Å². The summed E-state index contributed by atoms with van der Waals surface area (Å²) in [5.41, 5.74) is 3.67. The Hall–Kier alpha value is -2.08. The fourth-order valence-electron chi connectivity index (χ4n) is 3.41. The number of likely N-dealkylation sites (N-methyl/N-ethyl adjacent to an activating group) is 1. The van der Waals surface area contributed by atoms with Gasteiger partial charge in [-0.05, 0) is 83.0 Å². The summed E-state index contributed by atoms with van der Waals surface area (Å²) in [4.78, 5) is 2.11. The van der Waals surface area contributed by atoms with E-state index >= 15 is 0 Å². The molecule has 0 saturated carbocycles. The smallest absolute Gasteiger partial charge is 0.492 e. The third-order valence-electron chi connectivity index (χ3n) is 6.07. The monoisotopic (exact) mass is 407 g/mol. The van der Waals surface area contributed by atoms with Crippen LogP contribution >= 0.6 is 0 Å². The normalized spacial score (nSPS) is 18.5. The van der Waals surface area contributed by atoms with Crippen LogP contribution in [0, 0.1) is 0 Å². The summed E-state index contributed by atoms with van der Waals surface area (Å²) < 4.78 is 18.7. The van der Waals surface area contributed by atoms with E-state index in [0.29, 0.717) is 6.61 Å². The zero-order valence-corrected chi connectivity index (χ0v) is 19.4. The number of hydrogen-bond donors (Lipinski definition) is 0. The first kappa shape index (κ1) is 22.6. The molecule has 1 heterocycles. The third-order valence-corrected chi connectivity index (χ3v) is 6.07. The lowest BCUT2D eigenvalue weighted by Gasteiger charge is -2.32. The molecule has 0 bridgehead atoms. The fraction of sp³-hybridized carbons (Fsp3) is 0.440. The molecule has 1 saturated heterocycles. The molecular weight excluding hydrogens is 373 g/mol. The molecule has 0 spiro atoms. The summed E-state index contributed by atoms with van der Waals surface area (Å²) in [6.07, 6.45) is 0. The standard InChI is InChI=1S/C25H34BNO3/c1-19(20-13-15-22(16-14-20)28-18-17-27(6)7)23(21-11-9-8-10-12-21)26-29-24(2,3)25(4,5)30-26/h8-16H,17-18H2,1-7H3/b23-19-. The molecule has 0 aromatic heterocycles. The van der Waals surface area contributed by atoms with Gasteiger partial charge in [0.1, 0.15) is 12.4 Å². The van der Waals surface area contributed by atoms with Crippen molar-refractivity contribution >= 4 is 18.2 Å². The molecule has 0 amide bonds. The van der Waals surface area contributed by atoms with Gasteiger partial charge in [-0.25, -0.2) is 0 Å². The Bertz CT molecular complexity index is 857. The minimum absolute atomic E-state index is 0.387. The van der Waals surface area contributed by atoms with Gasteiger partial charge in [-0.15, -0.1) is 0 Å². The molecule has 3 rings (SSSR count). The molecule has 2 aromatic carbocycles. The number of allylic oxidation sites excluding steroid dienone is 1. The van der Waals surface area contributed by atoms with E-state index < -0.39 is 7.12 Å². The van der Waals surface area contributed by atoms with Gasteiger partial charge in [0.15, 0.2) is 0 Å². The highest BCUT2D eigenvalue weighted by molar-refractivity contribution is 6.71. The second-order valence-corrected chi connectivity index (χ2v) is 9.17. The van der Waals surface area contributed by atoms with Crippen LogP contribution in [0.1, 0.15) is 45.7 Å². The van der Waals surface area contributed by atoms with E-state index in [1.165, 1.54) is 0 Å². The molecular formula is C25H34BNO3. The summed E-state index contributed by atoms with van der Waals surface area (Å²) in [5, 5.41) is 0.